The Bertz CT molecular complexity index is 1130. The molecule has 1 aliphatic carbocycles. The van der Waals surface area contributed by atoms with Crippen molar-refractivity contribution >= 4 is 0 Å². The van der Waals surface area contributed by atoms with Crippen molar-refractivity contribution in [2.45, 2.75) is 19.3 Å². The van der Waals surface area contributed by atoms with Crippen LogP contribution in [0.1, 0.15) is 25.0 Å². The van der Waals surface area contributed by atoms with E-state index in [0.717, 1.165) is 0 Å². The SMILES string of the molecule is CC1(C)c2ccccc2-c2ccc(-c3[c]cccc3-c3ccccc3)cc21. The zero-order valence-electron chi connectivity index (χ0n) is 15.7. The van der Waals surface area contributed by atoms with Crippen LogP contribution in [0.4, 0.5) is 0 Å². The molecule has 129 valence electrons. The zero-order chi connectivity index (χ0) is 18.4. The number of hydrogen-bond donors (Lipinski definition) is 0. The van der Waals surface area contributed by atoms with Gasteiger partial charge in [0.1, 0.15) is 0 Å². The molecule has 1 aliphatic rings. The minimum absolute atomic E-state index is 0.0175. The second-order valence-corrected chi connectivity index (χ2v) is 7.76. The van der Waals surface area contributed by atoms with Crippen molar-refractivity contribution in [1.82, 2.24) is 0 Å². The van der Waals surface area contributed by atoms with E-state index in [0.29, 0.717) is 0 Å². The van der Waals surface area contributed by atoms with Crippen LogP contribution in [0.2, 0.25) is 0 Å². The molecule has 0 fully saturated rings. The smallest absolute Gasteiger partial charge is 0.0159 e. The molecular weight excluding hydrogens is 324 g/mol. The van der Waals surface area contributed by atoms with Crippen molar-refractivity contribution in [2.75, 3.05) is 0 Å². The lowest BCUT2D eigenvalue weighted by molar-refractivity contribution is 0.660. The monoisotopic (exact) mass is 345 g/mol. The average Bonchev–Trinajstić information content (AvgIpc) is 2.96. The Morgan fingerprint density at radius 2 is 1.30 bits per heavy atom. The lowest BCUT2D eigenvalue weighted by Gasteiger charge is -2.22. The molecule has 5 rings (SSSR count). The van der Waals surface area contributed by atoms with Crippen LogP contribution in [0.3, 0.4) is 0 Å². The molecule has 27 heavy (non-hydrogen) atoms. The van der Waals surface area contributed by atoms with Crippen LogP contribution in [0, 0.1) is 6.07 Å². The standard InChI is InChI=1S/C27H21/c1-27(2)25-15-9-8-14-23(25)24-17-16-20(18-26(24)27)22-13-7-6-12-21(22)19-10-4-3-5-11-19/h3-12,14-18H,1-2H3. The van der Waals surface area contributed by atoms with Crippen molar-refractivity contribution in [2.24, 2.45) is 0 Å². The summed E-state index contributed by atoms with van der Waals surface area (Å²) in [6, 6.07) is 36.0. The normalized spacial score (nSPS) is 13.9. The van der Waals surface area contributed by atoms with E-state index in [2.05, 4.69) is 105 Å². The van der Waals surface area contributed by atoms with Crippen LogP contribution in [-0.4, -0.2) is 0 Å². The maximum Gasteiger partial charge on any atom is 0.0159 e. The van der Waals surface area contributed by atoms with E-state index in [1.165, 1.54) is 44.5 Å². The summed E-state index contributed by atoms with van der Waals surface area (Å²) >= 11 is 0. The molecule has 0 unspecified atom stereocenters. The predicted octanol–water partition coefficient (Wildman–Crippen LogP) is 7.13. The third kappa shape index (κ3) is 2.44. The Kier molecular flexibility index (Phi) is 3.55. The zero-order valence-corrected chi connectivity index (χ0v) is 15.7. The molecule has 0 nitrogen and oxygen atoms in total. The number of hydrogen-bond acceptors (Lipinski definition) is 0. The molecule has 4 aromatic rings. The molecule has 1 radical (unpaired) electrons. The maximum atomic E-state index is 3.49. The Hall–Kier alpha value is -3.12. The minimum atomic E-state index is 0.0175. The van der Waals surface area contributed by atoms with Crippen LogP contribution in [0.15, 0.2) is 91.0 Å². The molecule has 0 amide bonds. The molecule has 0 atom stereocenters. The van der Waals surface area contributed by atoms with Crippen molar-refractivity contribution in [3.8, 4) is 33.4 Å². The van der Waals surface area contributed by atoms with Gasteiger partial charge in [0.15, 0.2) is 0 Å². The summed E-state index contributed by atoms with van der Waals surface area (Å²) in [4.78, 5) is 0. The van der Waals surface area contributed by atoms with E-state index in [9.17, 15) is 0 Å². The van der Waals surface area contributed by atoms with E-state index in [-0.39, 0.29) is 5.41 Å². The first-order valence-corrected chi connectivity index (χ1v) is 9.47. The highest BCUT2D eigenvalue weighted by Gasteiger charge is 2.35. The van der Waals surface area contributed by atoms with Crippen LogP contribution in [-0.2, 0) is 5.41 Å². The summed E-state index contributed by atoms with van der Waals surface area (Å²) < 4.78 is 0. The van der Waals surface area contributed by atoms with Crippen LogP contribution in [0.5, 0.6) is 0 Å². The van der Waals surface area contributed by atoms with Gasteiger partial charge in [-0.05, 0) is 56.6 Å². The second kappa shape index (κ2) is 5.96. The fourth-order valence-electron chi connectivity index (χ4n) is 4.39. The topological polar surface area (TPSA) is 0 Å². The molecule has 0 heteroatoms. The number of rotatable bonds is 2. The number of fused-ring (bicyclic) bond motifs is 3. The molecule has 0 N–H and O–H groups in total. The fourth-order valence-corrected chi connectivity index (χ4v) is 4.39. The first-order chi connectivity index (χ1) is 13.2. The lowest BCUT2D eigenvalue weighted by atomic mass is 9.81. The van der Waals surface area contributed by atoms with Crippen molar-refractivity contribution in [1.29, 1.82) is 0 Å². The molecule has 0 aromatic heterocycles. The van der Waals surface area contributed by atoms with E-state index < -0.39 is 0 Å². The summed E-state index contributed by atoms with van der Waals surface area (Å²) in [7, 11) is 0. The van der Waals surface area contributed by atoms with Crippen LogP contribution in [0.25, 0.3) is 33.4 Å². The Labute approximate surface area is 161 Å². The largest absolute Gasteiger partial charge is 0.0622 e. The molecule has 4 aromatic carbocycles. The van der Waals surface area contributed by atoms with Gasteiger partial charge in [0.05, 0.1) is 0 Å². The van der Waals surface area contributed by atoms with Gasteiger partial charge in [0.2, 0.25) is 0 Å². The summed E-state index contributed by atoms with van der Waals surface area (Å²) in [6.45, 7) is 4.66. The van der Waals surface area contributed by atoms with Gasteiger partial charge in [0.25, 0.3) is 0 Å². The third-order valence-electron chi connectivity index (χ3n) is 5.81. The van der Waals surface area contributed by atoms with E-state index in [1.807, 2.05) is 6.07 Å². The minimum Gasteiger partial charge on any atom is -0.0622 e. The molecule has 0 saturated heterocycles. The highest BCUT2D eigenvalue weighted by atomic mass is 14.4. The van der Waals surface area contributed by atoms with Crippen molar-refractivity contribution < 1.29 is 0 Å². The lowest BCUT2D eigenvalue weighted by Crippen LogP contribution is -2.14. The van der Waals surface area contributed by atoms with Gasteiger partial charge < -0.3 is 0 Å². The highest BCUT2D eigenvalue weighted by Crippen LogP contribution is 2.49. The Morgan fingerprint density at radius 1 is 0.593 bits per heavy atom. The van der Waals surface area contributed by atoms with Gasteiger partial charge in [0, 0.05) is 5.41 Å². The van der Waals surface area contributed by atoms with E-state index in [4.69, 9.17) is 0 Å². The first kappa shape index (κ1) is 16.1. The second-order valence-electron chi connectivity index (χ2n) is 7.76. The van der Waals surface area contributed by atoms with Gasteiger partial charge in [-0.3, -0.25) is 0 Å². The highest BCUT2D eigenvalue weighted by molar-refractivity contribution is 5.87. The Balaban J connectivity index is 1.70. The van der Waals surface area contributed by atoms with Crippen molar-refractivity contribution in [3.63, 3.8) is 0 Å². The predicted molar refractivity (Wildman–Crippen MR) is 114 cm³/mol. The quantitative estimate of drug-likeness (QED) is 0.362. The summed E-state index contributed by atoms with van der Waals surface area (Å²) in [5.41, 5.74) is 10.4. The number of benzene rings is 4. The molecule has 0 aliphatic heterocycles. The third-order valence-corrected chi connectivity index (χ3v) is 5.81. The fraction of sp³-hybridized carbons (Fsp3) is 0.111. The molecular formula is C27H21. The van der Waals surface area contributed by atoms with E-state index >= 15 is 0 Å². The van der Waals surface area contributed by atoms with Crippen molar-refractivity contribution in [3.05, 3.63) is 108 Å². The van der Waals surface area contributed by atoms with Crippen LogP contribution >= 0.6 is 0 Å². The molecule has 0 saturated carbocycles. The van der Waals surface area contributed by atoms with Gasteiger partial charge in [-0.25, -0.2) is 0 Å². The van der Waals surface area contributed by atoms with Gasteiger partial charge >= 0.3 is 0 Å². The van der Waals surface area contributed by atoms with Gasteiger partial charge in [-0.15, -0.1) is 0 Å². The molecule has 0 heterocycles. The van der Waals surface area contributed by atoms with Crippen LogP contribution < -0.4 is 0 Å². The van der Waals surface area contributed by atoms with Gasteiger partial charge in [-0.1, -0.05) is 98.8 Å². The maximum absolute atomic E-state index is 3.49. The first-order valence-electron chi connectivity index (χ1n) is 9.47. The summed E-state index contributed by atoms with van der Waals surface area (Å²) in [5.74, 6) is 0. The summed E-state index contributed by atoms with van der Waals surface area (Å²) in [6.07, 6.45) is 0. The Morgan fingerprint density at radius 3 is 2.15 bits per heavy atom. The molecule has 0 spiro atoms. The van der Waals surface area contributed by atoms with Gasteiger partial charge in [-0.2, -0.15) is 0 Å². The molecule has 0 bridgehead atoms. The summed E-state index contributed by atoms with van der Waals surface area (Å²) in [5, 5.41) is 0. The van der Waals surface area contributed by atoms with E-state index in [1.54, 1.807) is 0 Å². The average molecular weight is 345 g/mol.